The largest absolute Gasteiger partial charge is 0.381 e. The van der Waals surface area contributed by atoms with Gasteiger partial charge in [-0.05, 0) is 25.5 Å². The molecule has 2 atom stereocenters. The van der Waals surface area contributed by atoms with Crippen LogP contribution in [-0.4, -0.2) is 34.2 Å². The zero-order chi connectivity index (χ0) is 15.3. The molecule has 0 aliphatic carbocycles. The first-order valence-electron chi connectivity index (χ1n) is 6.92. The number of rotatable bonds is 4. The van der Waals surface area contributed by atoms with Gasteiger partial charge in [-0.3, -0.25) is 0 Å². The normalized spacial score (nSPS) is 19.8. The number of nitrogens with two attached hydrogens (primary N) is 1. The maximum absolute atomic E-state index is 12.5. The molecule has 1 saturated heterocycles. The second-order valence-corrected chi connectivity index (χ2v) is 6.72. The number of ether oxygens (including phenoxy) is 1. The topological polar surface area (TPSA) is 81.4 Å². The molecule has 5 nitrogen and oxygen atoms in total. The molecule has 1 aliphatic heterocycles. The van der Waals surface area contributed by atoms with E-state index in [4.69, 9.17) is 10.5 Å². The Morgan fingerprint density at radius 3 is 2.90 bits per heavy atom. The van der Waals surface area contributed by atoms with Crippen molar-refractivity contribution in [3.8, 4) is 11.8 Å². The van der Waals surface area contributed by atoms with Gasteiger partial charge in [0.1, 0.15) is 0 Å². The Labute approximate surface area is 125 Å². The van der Waals surface area contributed by atoms with E-state index in [1.54, 1.807) is 24.3 Å². The van der Waals surface area contributed by atoms with Gasteiger partial charge in [0, 0.05) is 24.1 Å². The highest BCUT2D eigenvalue weighted by Crippen LogP contribution is 2.20. The molecule has 1 aliphatic rings. The third-order valence-electron chi connectivity index (χ3n) is 3.51. The van der Waals surface area contributed by atoms with Crippen LogP contribution < -0.4 is 10.5 Å². The minimum Gasteiger partial charge on any atom is -0.381 e. The fraction of sp³-hybridized carbons (Fsp3) is 0.467. The molecule has 0 radical (unpaired) electrons. The zero-order valence-corrected chi connectivity index (χ0v) is 12.8. The average Bonchev–Trinajstić information content (AvgIpc) is 2.99. The van der Waals surface area contributed by atoms with E-state index in [0.29, 0.717) is 18.8 Å². The summed E-state index contributed by atoms with van der Waals surface area (Å²) in [6.45, 7) is 3.34. The third-order valence-corrected chi connectivity index (χ3v) is 5.13. The Bertz CT molecular complexity index is 640. The Morgan fingerprint density at radius 1 is 1.48 bits per heavy atom. The highest BCUT2D eigenvalue weighted by molar-refractivity contribution is 7.89. The van der Waals surface area contributed by atoms with E-state index in [1.807, 2.05) is 6.92 Å². The van der Waals surface area contributed by atoms with E-state index in [2.05, 4.69) is 16.6 Å². The number of benzene rings is 1. The van der Waals surface area contributed by atoms with E-state index in [9.17, 15) is 8.42 Å². The smallest absolute Gasteiger partial charge is 0.242 e. The minimum atomic E-state index is -3.61. The first-order chi connectivity index (χ1) is 10.0. The first kappa shape index (κ1) is 16.0. The lowest BCUT2D eigenvalue weighted by Gasteiger charge is -2.19. The van der Waals surface area contributed by atoms with E-state index in [-0.39, 0.29) is 23.4 Å². The molecule has 21 heavy (non-hydrogen) atoms. The van der Waals surface area contributed by atoms with Crippen LogP contribution in [0.4, 0.5) is 0 Å². The Hall–Kier alpha value is -1.39. The number of hydrogen-bond acceptors (Lipinski definition) is 4. The molecule has 1 heterocycles. The predicted molar refractivity (Wildman–Crippen MR) is 81.1 cm³/mol. The summed E-state index contributed by atoms with van der Waals surface area (Å²) >= 11 is 0. The first-order valence-corrected chi connectivity index (χ1v) is 8.41. The summed E-state index contributed by atoms with van der Waals surface area (Å²) in [5.74, 6) is 5.70. The fourth-order valence-corrected chi connectivity index (χ4v) is 3.78. The molecule has 2 rings (SSSR count). The van der Waals surface area contributed by atoms with Gasteiger partial charge in [0.2, 0.25) is 10.0 Å². The van der Waals surface area contributed by atoms with Crippen molar-refractivity contribution >= 4 is 10.0 Å². The number of hydrogen-bond donors (Lipinski definition) is 2. The van der Waals surface area contributed by atoms with Crippen LogP contribution in [0, 0.1) is 17.8 Å². The van der Waals surface area contributed by atoms with E-state index in [1.165, 1.54) is 0 Å². The Morgan fingerprint density at radius 2 is 2.24 bits per heavy atom. The van der Waals surface area contributed by atoms with Crippen LogP contribution in [0.3, 0.4) is 0 Å². The average molecular weight is 308 g/mol. The molecule has 0 saturated carbocycles. The lowest BCUT2D eigenvalue weighted by molar-refractivity contribution is 0.180. The van der Waals surface area contributed by atoms with Crippen LogP contribution in [0.5, 0.6) is 0 Å². The summed E-state index contributed by atoms with van der Waals surface area (Å²) in [6, 6.07) is 6.51. The molecule has 3 N–H and O–H groups in total. The summed E-state index contributed by atoms with van der Waals surface area (Å²) < 4.78 is 33.1. The van der Waals surface area contributed by atoms with Crippen molar-refractivity contribution in [3.05, 3.63) is 29.8 Å². The number of nitrogens with one attached hydrogen (secondary N) is 1. The molecule has 6 heteroatoms. The van der Waals surface area contributed by atoms with Crippen molar-refractivity contribution in [2.75, 3.05) is 19.8 Å². The summed E-state index contributed by atoms with van der Waals surface area (Å²) in [5, 5.41) is 0. The van der Waals surface area contributed by atoms with Crippen LogP contribution >= 0.6 is 0 Å². The summed E-state index contributed by atoms with van der Waals surface area (Å²) in [4.78, 5) is 0.191. The van der Waals surface area contributed by atoms with Gasteiger partial charge in [-0.1, -0.05) is 24.0 Å². The lowest BCUT2D eigenvalue weighted by atomic mass is 10.0. The third kappa shape index (κ3) is 4.05. The Kier molecular flexibility index (Phi) is 5.37. The zero-order valence-electron chi connectivity index (χ0n) is 12.0. The van der Waals surface area contributed by atoms with Gasteiger partial charge in [-0.2, -0.15) is 0 Å². The molecule has 2 unspecified atom stereocenters. The second-order valence-electron chi connectivity index (χ2n) is 5.04. The van der Waals surface area contributed by atoms with Crippen LogP contribution in [0.15, 0.2) is 29.2 Å². The monoisotopic (exact) mass is 308 g/mol. The van der Waals surface area contributed by atoms with Crippen molar-refractivity contribution in [2.45, 2.75) is 24.3 Å². The molecule has 0 spiro atoms. The van der Waals surface area contributed by atoms with Crippen molar-refractivity contribution in [3.63, 3.8) is 0 Å². The Balaban J connectivity index is 2.23. The number of sulfonamides is 1. The maximum Gasteiger partial charge on any atom is 0.242 e. The molecule has 114 valence electrons. The standard InChI is InChI=1S/C15H20N2O3S/c1-12(14-8-10-20-11-14)17-21(18,19)15-7-3-2-5-13(15)6-4-9-16/h2-3,5,7,12,14,17H,8-11,16H2,1H3. The quantitative estimate of drug-likeness (QED) is 0.802. The molecular formula is C15H20N2O3S. The highest BCUT2D eigenvalue weighted by atomic mass is 32.2. The molecule has 0 bridgehead atoms. The van der Waals surface area contributed by atoms with Crippen LogP contribution in [0.2, 0.25) is 0 Å². The minimum absolute atomic E-state index is 0.173. The van der Waals surface area contributed by atoms with Crippen LogP contribution in [0.25, 0.3) is 0 Å². The van der Waals surface area contributed by atoms with E-state index in [0.717, 1.165) is 6.42 Å². The van der Waals surface area contributed by atoms with Gasteiger partial charge in [0.05, 0.1) is 18.0 Å². The molecule has 1 fully saturated rings. The van der Waals surface area contributed by atoms with Crippen LogP contribution in [0.1, 0.15) is 18.9 Å². The van der Waals surface area contributed by atoms with Gasteiger partial charge in [0.15, 0.2) is 0 Å². The van der Waals surface area contributed by atoms with Gasteiger partial charge in [-0.15, -0.1) is 0 Å². The summed E-state index contributed by atoms with van der Waals surface area (Å²) in [7, 11) is -3.61. The van der Waals surface area contributed by atoms with E-state index >= 15 is 0 Å². The summed E-state index contributed by atoms with van der Waals surface area (Å²) in [5.41, 5.74) is 5.81. The molecule has 1 aromatic carbocycles. The van der Waals surface area contributed by atoms with Gasteiger partial charge >= 0.3 is 0 Å². The van der Waals surface area contributed by atoms with Crippen molar-refractivity contribution < 1.29 is 13.2 Å². The van der Waals surface area contributed by atoms with Gasteiger partial charge in [-0.25, -0.2) is 13.1 Å². The molecule has 0 aromatic heterocycles. The molecule has 0 amide bonds. The highest BCUT2D eigenvalue weighted by Gasteiger charge is 2.27. The van der Waals surface area contributed by atoms with E-state index < -0.39 is 10.0 Å². The predicted octanol–water partition coefficient (Wildman–Crippen LogP) is 0.700. The fourth-order valence-electron chi connectivity index (χ4n) is 2.30. The van der Waals surface area contributed by atoms with Crippen molar-refractivity contribution in [1.29, 1.82) is 0 Å². The lowest BCUT2D eigenvalue weighted by Crippen LogP contribution is -2.38. The van der Waals surface area contributed by atoms with Crippen molar-refractivity contribution in [2.24, 2.45) is 11.7 Å². The maximum atomic E-state index is 12.5. The molecular weight excluding hydrogens is 288 g/mol. The SMILES string of the molecule is CC(NS(=O)(=O)c1ccccc1C#CCN)C1CCOC1. The van der Waals surface area contributed by atoms with Crippen LogP contribution in [-0.2, 0) is 14.8 Å². The van der Waals surface area contributed by atoms with Gasteiger partial charge in [0.25, 0.3) is 0 Å². The second kappa shape index (κ2) is 7.05. The summed E-state index contributed by atoms with van der Waals surface area (Å²) in [6.07, 6.45) is 0.873. The van der Waals surface area contributed by atoms with Crippen molar-refractivity contribution in [1.82, 2.24) is 4.72 Å². The van der Waals surface area contributed by atoms with Gasteiger partial charge < -0.3 is 10.5 Å². The molecule has 1 aromatic rings.